The van der Waals surface area contributed by atoms with Crippen molar-refractivity contribution in [3.05, 3.63) is 29.8 Å². The van der Waals surface area contributed by atoms with Crippen LogP contribution in [0.15, 0.2) is 24.3 Å². The molecule has 0 fully saturated rings. The van der Waals surface area contributed by atoms with E-state index in [-0.39, 0.29) is 11.5 Å². The van der Waals surface area contributed by atoms with Crippen molar-refractivity contribution < 1.29 is 9.84 Å². The highest BCUT2D eigenvalue weighted by atomic mass is 16.5. The molecule has 0 unspecified atom stereocenters. The molecule has 3 nitrogen and oxygen atoms in total. The van der Waals surface area contributed by atoms with Crippen molar-refractivity contribution in [2.24, 2.45) is 11.1 Å². The minimum atomic E-state index is -0.542. The number of hydrogen-bond acceptors (Lipinski definition) is 3. The Morgan fingerprint density at radius 3 is 2.53 bits per heavy atom. The lowest BCUT2D eigenvalue weighted by Crippen LogP contribution is -2.36. The van der Waals surface area contributed by atoms with Crippen molar-refractivity contribution in [3.8, 4) is 5.75 Å². The second kappa shape index (κ2) is 5.52. The minimum absolute atomic E-state index is 0.000152. The molecule has 1 aromatic carbocycles. The summed E-state index contributed by atoms with van der Waals surface area (Å²) in [4.78, 5) is 0. The predicted octanol–water partition coefficient (Wildman–Crippen LogP) is 2.49. The van der Waals surface area contributed by atoms with Crippen molar-refractivity contribution >= 4 is 0 Å². The summed E-state index contributed by atoms with van der Waals surface area (Å²) in [7, 11) is 1.62. The third kappa shape index (κ3) is 4.02. The van der Waals surface area contributed by atoms with Crippen molar-refractivity contribution in [2.45, 2.75) is 39.3 Å². The molecule has 0 radical (unpaired) electrons. The lowest BCUT2D eigenvalue weighted by atomic mass is 9.83. The second-order valence-electron chi connectivity index (χ2n) is 5.50. The van der Waals surface area contributed by atoms with Crippen LogP contribution in [0, 0.1) is 5.41 Å². The van der Waals surface area contributed by atoms with E-state index in [4.69, 9.17) is 10.5 Å². The Bertz CT molecular complexity index is 357. The van der Waals surface area contributed by atoms with Crippen LogP contribution in [0.25, 0.3) is 0 Å². The summed E-state index contributed by atoms with van der Waals surface area (Å²) in [6.45, 7) is 6.24. The fraction of sp³-hybridized carbons (Fsp3) is 0.571. The molecule has 0 amide bonds. The molecule has 3 heteroatoms. The maximum absolute atomic E-state index is 10.1. The molecule has 0 aromatic heterocycles. The van der Waals surface area contributed by atoms with Gasteiger partial charge in [0.25, 0.3) is 0 Å². The summed E-state index contributed by atoms with van der Waals surface area (Å²) in [6, 6.07) is 7.44. The van der Waals surface area contributed by atoms with E-state index in [0.717, 1.165) is 11.3 Å². The van der Waals surface area contributed by atoms with Crippen molar-refractivity contribution in [3.63, 3.8) is 0 Å². The van der Waals surface area contributed by atoms with Crippen molar-refractivity contribution in [1.29, 1.82) is 0 Å². The molecular formula is C14H23NO2. The van der Waals surface area contributed by atoms with Crippen LogP contribution < -0.4 is 10.5 Å². The first-order valence-corrected chi connectivity index (χ1v) is 5.92. The van der Waals surface area contributed by atoms with E-state index < -0.39 is 6.10 Å². The molecule has 0 spiro atoms. The molecule has 0 saturated heterocycles. The predicted molar refractivity (Wildman–Crippen MR) is 70.0 cm³/mol. The molecule has 17 heavy (non-hydrogen) atoms. The Labute approximate surface area is 104 Å². The number of ether oxygens (including phenoxy) is 1. The van der Waals surface area contributed by atoms with Gasteiger partial charge in [-0.05, 0) is 29.5 Å². The highest BCUT2D eigenvalue weighted by molar-refractivity contribution is 5.29. The lowest BCUT2D eigenvalue weighted by molar-refractivity contribution is 0.133. The molecule has 96 valence electrons. The zero-order valence-electron chi connectivity index (χ0n) is 11.1. The highest BCUT2D eigenvalue weighted by Gasteiger charge is 2.24. The smallest absolute Gasteiger partial charge is 0.119 e. The standard InChI is InChI=1S/C14H23NO2/c1-14(2,3)13(15)9-12(16)10-6-5-7-11(8-10)17-4/h5-8,12-13,16H,9,15H2,1-4H3/t12-,13+/m1/s1. The largest absolute Gasteiger partial charge is 0.497 e. The van der Waals surface area contributed by atoms with Crippen LogP contribution in [0.4, 0.5) is 0 Å². The fourth-order valence-corrected chi connectivity index (χ4v) is 1.58. The average molecular weight is 237 g/mol. The van der Waals surface area contributed by atoms with Crippen LogP contribution in [-0.4, -0.2) is 18.3 Å². The normalized spacial score (nSPS) is 15.4. The van der Waals surface area contributed by atoms with Gasteiger partial charge >= 0.3 is 0 Å². The van der Waals surface area contributed by atoms with Crippen LogP contribution in [0.1, 0.15) is 38.9 Å². The monoisotopic (exact) mass is 237 g/mol. The van der Waals surface area contributed by atoms with Crippen LogP contribution in [0.5, 0.6) is 5.75 Å². The van der Waals surface area contributed by atoms with Crippen molar-refractivity contribution in [1.82, 2.24) is 0 Å². The van der Waals surface area contributed by atoms with Gasteiger partial charge in [-0.15, -0.1) is 0 Å². The van der Waals surface area contributed by atoms with E-state index >= 15 is 0 Å². The summed E-state index contributed by atoms with van der Waals surface area (Å²) in [6.07, 6.45) is 0.00996. The molecule has 0 aliphatic heterocycles. The summed E-state index contributed by atoms with van der Waals surface area (Å²) >= 11 is 0. The summed E-state index contributed by atoms with van der Waals surface area (Å²) < 4.78 is 5.13. The van der Waals surface area contributed by atoms with E-state index in [1.165, 1.54) is 0 Å². The van der Waals surface area contributed by atoms with Gasteiger partial charge in [-0.3, -0.25) is 0 Å². The first-order chi connectivity index (χ1) is 7.84. The Balaban J connectivity index is 2.72. The SMILES string of the molecule is COc1cccc([C@H](O)C[C@H](N)C(C)(C)C)c1. The topological polar surface area (TPSA) is 55.5 Å². The molecule has 0 saturated carbocycles. The molecule has 0 bridgehead atoms. The van der Waals surface area contributed by atoms with Gasteiger partial charge in [-0.2, -0.15) is 0 Å². The van der Waals surface area contributed by atoms with Crippen molar-refractivity contribution in [2.75, 3.05) is 7.11 Å². The molecule has 2 atom stereocenters. The van der Waals surface area contributed by atoms with Gasteiger partial charge in [0, 0.05) is 6.04 Å². The number of benzene rings is 1. The van der Waals surface area contributed by atoms with E-state index in [2.05, 4.69) is 20.8 Å². The Kier molecular flexibility index (Phi) is 4.54. The quantitative estimate of drug-likeness (QED) is 0.846. The number of rotatable bonds is 4. The van der Waals surface area contributed by atoms with Gasteiger partial charge in [0.1, 0.15) is 5.75 Å². The maximum Gasteiger partial charge on any atom is 0.119 e. The Hall–Kier alpha value is -1.06. The number of nitrogens with two attached hydrogens (primary N) is 1. The van der Waals surface area contributed by atoms with Crippen LogP contribution in [-0.2, 0) is 0 Å². The van der Waals surface area contributed by atoms with Crippen LogP contribution in [0.3, 0.4) is 0 Å². The fourth-order valence-electron chi connectivity index (χ4n) is 1.58. The number of methoxy groups -OCH3 is 1. The van der Waals surface area contributed by atoms with Gasteiger partial charge in [0.05, 0.1) is 13.2 Å². The van der Waals surface area contributed by atoms with Gasteiger partial charge in [0.2, 0.25) is 0 Å². The number of aliphatic hydroxyl groups excluding tert-OH is 1. The average Bonchev–Trinajstić information content (AvgIpc) is 2.27. The second-order valence-corrected chi connectivity index (χ2v) is 5.50. The van der Waals surface area contributed by atoms with E-state index in [1.807, 2.05) is 24.3 Å². The number of aliphatic hydroxyl groups is 1. The molecule has 0 heterocycles. The van der Waals surface area contributed by atoms with Gasteiger partial charge in [-0.25, -0.2) is 0 Å². The number of hydrogen-bond donors (Lipinski definition) is 2. The third-order valence-electron chi connectivity index (χ3n) is 3.07. The summed E-state index contributed by atoms with van der Waals surface area (Å²) in [5.41, 5.74) is 6.92. The third-order valence-corrected chi connectivity index (χ3v) is 3.07. The van der Waals surface area contributed by atoms with E-state index in [0.29, 0.717) is 6.42 Å². The lowest BCUT2D eigenvalue weighted by Gasteiger charge is -2.29. The highest BCUT2D eigenvalue weighted by Crippen LogP contribution is 2.27. The first-order valence-electron chi connectivity index (χ1n) is 5.92. The van der Waals surface area contributed by atoms with Gasteiger partial charge < -0.3 is 15.6 Å². The Morgan fingerprint density at radius 2 is 2.00 bits per heavy atom. The van der Waals surface area contributed by atoms with Crippen LogP contribution >= 0.6 is 0 Å². The molecule has 3 N–H and O–H groups in total. The summed E-state index contributed by atoms with van der Waals surface area (Å²) in [5.74, 6) is 0.755. The molecule has 0 aliphatic rings. The van der Waals surface area contributed by atoms with Crippen LogP contribution in [0.2, 0.25) is 0 Å². The molecule has 1 aromatic rings. The zero-order valence-corrected chi connectivity index (χ0v) is 11.1. The summed E-state index contributed by atoms with van der Waals surface area (Å²) in [5, 5.41) is 10.1. The van der Waals surface area contributed by atoms with E-state index in [1.54, 1.807) is 7.11 Å². The maximum atomic E-state index is 10.1. The van der Waals surface area contributed by atoms with E-state index in [9.17, 15) is 5.11 Å². The minimum Gasteiger partial charge on any atom is -0.497 e. The first kappa shape index (κ1) is 14.0. The molecule has 0 aliphatic carbocycles. The molecular weight excluding hydrogens is 214 g/mol. The van der Waals surface area contributed by atoms with Gasteiger partial charge in [-0.1, -0.05) is 32.9 Å². The van der Waals surface area contributed by atoms with Gasteiger partial charge in [0.15, 0.2) is 0 Å². The Morgan fingerprint density at radius 1 is 1.35 bits per heavy atom. The molecule has 1 rings (SSSR count). The zero-order chi connectivity index (χ0) is 13.1.